The molecule has 200 valence electrons. The summed E-state index contributed by atoms with van der Waals surface area (Å²) in [5.41, 5.74) is -6.92. The summed E-state index contributed by atoms with van der Waals surface area (Å²) in [4.78, 5) is 74.3. The molecule has 0 fully saturated rings. The number of benzene rings is 3. The first kappa shape index (κ1) is 27.9. The van der Waals surface area contributed by atoms with Gasteiger partial charge in [0, 0.05) is 30.9 Å². The second-order valence-electron chi connectivity index (χ2n) is 8.25. The first-order valence-corrected chi connectivity index (χ1v) is 10.7. The zero-order valence-corrected chi connectivity index (χ0v) is 20.1. The molecule has 13 nitrogen and oxygen atoms in total. The summed E-state index contributed by atoms with van der Waals surface area (Å²) < 4.78 is 0. The van der Waals surface area contributed by atoms with E-state index in [9.17, 15) is 59.4 Å². The average molecular weight is 537 g/mol. The molecule has 3 aromatic rings. The molecule has 0 unspecified atom stereocenters. The molecule has 6 N–H and O–H groups in total. The predicted molar refractivity (Wildman–Crippen MR) is 133 cm³/mol. The Labute approximate surface area is 218 Å². The molecule has 0 aliphatic carbocycles. The smallest absolute Gasteiger partial charge is 0.337 e. The number of rotatable bonds is 9. The molecule has 39 heavy (non-hydrogen) atoms. The monoisotopic (exact) mass is 537 g/mol. The van der Waals surface area contributed by atoms with E-state index in [0.717, 1.165) is 36.4 Å². The van der Waals surface area contributed by atoms with E-state index in [2.05, 4.69) is 0 Å². The largest absolute Gasteiger partial charge is 0.478 e. The molecule has 0 heterocycles. The third-order valence-corrected chi connectivity index (χ3v) is 5.79. The summed E-state index contributed by atoms with van der Waals surface area (Å²) in [6.45, 7) is 0. The lowest BCUT2D eigenvalue weighted by Crippen LogP contribution is -2.19. The summed E-state index contributed by atoms with van der Waals surface area (Å²) in [5.74, 6) is -10.4. The molecule has 3 aromatic carbocycles. The van der Waals surface area contributed by atoms with Crippen LogP contribution < -0.4 is 4.90 Å². The highest BCUT2D eigenvalue weighted by atomic mass is 16.4. The molecular formula is C26H19NO12. The molecule has 0 aliphatic heterocycles. The summed E-state index contributed by atoms with van der Waals surface area (Å²) in [5, 5.41) is 59.2. The van der Waals surface area contributed by atoms with Crippen molar-refractivity contribution in [2.45, 2.75) is 0 Å². The van der Waals surface area contributed by atoms with E-state index in [1.807, 2.05) is 0 Å². The van der Waals surface area contributed by atoms with Crippen molar-refractivity contribution < 1.29 is 59.4 Å². The molecule has 0 saturated carbocycles. The van der Waals surface area contributed by atoms with Gasteiger partial charge in [-0.05, 0) is 29.3 Å². The van der Waals surface area contributed by atoms with Crippen LogP contribution in [0, 0.1) is 0 Å². The fourth-order valence-corrected chi connectivity index (χ4v) is 4.29. The van der Waals surface area contributed by atoms with Gasteiger partial charge in [0.25, 0.3) is 0 Å². The van der Waals surface area contributed by atoms with E-state index >= 15 is 0 Å². The number of hydrogen-bond acceptors (Lipinski definition) is 7. The van der Waals surface area contributed by atoms with Crippen LogP contribution in [-0.4, -0.2) is 80.6 Å². The quantitative estimate of drug-likeness (QED) is 0.230. The Morgan fingerprint density at radius 2 is 0.897 bits per heavy atom. The van der Waals surface area contributed by atoms with Crippen LogP contribution >= 0.6 is 0 Å². The van der Waals surface area contributed by atoms with Crippen LogP contribution in [0.2, 0.25) is 0 Å². The van der Waals surface area contributed by atoms with Gasteiger partial charge in [-0.3, -0.25) is 0 Å². The predicted octanol–water partition coefficient (Wildman–Crippen LogP) is 3.28. The Morgan fingerprint density at radius 1 is 0.513 bits per heavy atom. The normalized spacial score (nSPS) is 10.5. The molecule has 0 amide bonds. The molecule has 0 spiro atoms. The Bertz CT molecular complexity index is 1600. The van der Waals surface area contributed by atoms with Crippen LogP contribution in [0.3, 0.4) is 0 Å². The average Bonchev–Trinajstić information content (AvgIpc) is 2.85. The van der Waals surface area contributed by atoms with Gasteiger partial charge < -0.3 is 35.5 Å². The number of aromatic carboxylic acids is 6. The topological polar surface area (TPSA) is 227 Å². The van der Waals surface area contributed by atoms with Crippen molar-refractivity contribution in [2.75, 3.05) is 19.0 Å². The van der Waals surface area contributed by atoms with Crippen LogP contribution in [0.4, 0.5) is 5.69 Å². The van der Waals surface area contributed by atoms with Gasteiger partial charge in [0.2, 0.25) is 0 Å². The fourth-order valence-electron chi connectivity index (χ4n) is 4.29. The van der Waals surface area contributed by atoms with E-state index in [-0.39, 0.29) is 16.8 Å². The summed E-state index contributed by atoms with van der Waals surface area (Å²) >= 11 is 0. The molecular weight excluding hydrogens is 518 g/mol. The molecule has 0 radical (unpaired) electrons. The van der Waals surface area contributed by atoms with Crippen molar-refractivity contribution in [1.82, 2.24) is 0 Å². The standard InChI is InChI=1S/C26H19NO12/c1-27(2)15-9-14(23(32)33)20(26(38)39)19(11-6-4-8-13(22(30)31)17(11)25(36)37)18(15)10-5-3-7-12(21(28)29)16(10)24(34)35/h3-9H,1-2H3,(H,28,29)(H,30,31)(H,32,33)(H,34,35)(H,36,37)(H,38,39). The van der Waals surface area contributed by atoms with Gasteiger partial charge in [-0.25, -0.2) is 28.8 Å². The number of carbonyl (C=O) groups is 6. The molecule has 0 aliphatic rings. The van der Waals surface area contributed by atoms with Crippen molar-refractivity contribution in [3.05, 3.63) is 75.8 Å². The van der Waals surface area contributed by atoms with Crippen molar-refractivity contribution in [2.24, 2.45) is 0 Å². The van der Waals surface area contributed by atoms with Gasteiger partial charge in [-0.15, -0.1) is 0 Å². The van der Waals surface area contributed by atoms with Crippen LogP contribution in [0.1, 0.15) is 62.1 Å². The highest BCUT2D eigenvalue weighted by Gasteiger charge is 2.34. The van der Waals surface area contributed by atoms with Gasteiger partial charge in [0.05, 0.1) is 33.4 Å². The molecule has 3 rings (SSSR count). The van der Waals surface area contributed by atoms with Gasteiger partial charge in [0.1, 0.15) is 0 Å². The SMILES string of the molecule is CN(C)c1cc(C(=O)O)c(C(=O)O)c(-c2cccc(C(=O)O)c2C(=O)O)c1-c1cccc(C(=O)O)c1C(=O)O. The first-order valence-electron chi connectivity index (χ1n) is 10.7. The maximum atomic E-state index is 12.5. The molecule has 0 atom stereocenters. The van der Waals surface area contributed by atoms with E-state index in [4.69, 9.17) is 0 Å². The number of nitrogens with zero attached hydrogens (tertiary/aromatic N) is 1. The summed E-state index contributed by atoms with van der Waals surface area (Å²) in [6, 6.07) is 7.33. The second kappa shape index (κ2) is 10.3. The second-order valence-corrected chi connectivity index (χ2v) is 8.25. The fraction of sp³-hybridized carbons (Fsp3) is 0.0769. The van der Waals surface area contributed by atoms with Gasteiger partial charge in [-0.1, -0.05) is 24.3 Å². The Morgan fingerprint density at radius 3 is 1.23 bits per heavy atom. The Kier molecular flexibility index (Phi) is 7.38. The first-order chi connectivity index (χ1) is 18.2. The van der Waals surface area contributed by atoms with Gasteiger partial charge in [-0.2, -0.15) is 0 Å². The highest BCUT2D eigenvalue weighted by molar-refractivity contribution is 6.18. The minimum atomic E-state index is -1.85. The van der Waals surface area contributed by atoms with Crippen molar-refractivity contribution in [3.63, 3.8) is 0 Å². The Balaban J connectivity index is 2.83. The van der Waals surface area contributed by atoms with E-state index in [1.54, 1.807) is 0 Å². The van der Waals surface area contributed by atoms with Crippen LogP contribution in [0.25, 0.3) is 22.3 Å². The molecule has 0 saturated heterocycles. The third-order valence-electron chi connectivity index (χ3n) is 5.79. The summed E-state index contributed by atoms with van der Waals surface area (Å²) in [7, 11) is 2.81. The third kappa shape index (κ3) is 4.83. The lowest BCUT2D eigenvalue weighted by Gasteiger charge is -2.26. The zero-order valence-electron chi connectivity index (χ0n) is 20.1. The maximum Gasteiger partial charge on any atom is 0.337 e. The zero-order chi connectivity index (χ0) is 29.3. The number of carboxylic acid groups (broad SMARTS) is 6. The maximum absolute atomic E-state index is 12.5. The lowest BCUT2D eigenvalue weighted by molar-refractivity contribution is 0.0650. The lowest BCUT2D eigenvalue weighted by atomic mass is 9.81. The van der Waals surface area contributed by atoms with Crippen LogP contribution in [0.15, 0.2) is 42.5 Å². The van der Waals surface area contributed by atoms with E-state index in [1.165, 1.54) is 25.1 Å². The number of anilines is 1. The van der Waals surface area contributed by atoms with Crippen LogP contribution in [0.5, 0.6) is 0 Å². The highest BCUT2D eigenvalue weighted by Crippen LogP contribution is 2.46. The summed E-state index contributed by atoms with van der Waals surface area (Å²) in [6.07, 6.45) is 0. The van der Waals surface area contributed by atoms with Crippen molar-refractivity contribution in [3.8, 4) is 22.3 Å². The molecule has 0 bridgehead atoms. The molecule has 13 heteroatoms. The number of carboxylic acids is 6. The minimum Gasteiger partial charge on any atom is -0.478 e. The van der Waals surface area contributed by atoms with E-state index in [0.29, 0.717) is 0 Å². The van der Waals surface area contributed by atoms with Crippen molar-refractivity contribution in [1.29, 1.82) is 0 Å². The van der Waals surface area contributed by atoms with Gasteiger partial charge in [0.15, 0.2) is 0 Å². The molecule has 0 aromatic heterocycles. The van der Waals surface area contributed by atoms with Gasteiger partial charge >= 0.3 is 35.8 Å². The number of hydrogen-bond donors (Lipinski definition) is 6. The van der Waals surface area contributed by atoms with Crippen molar-refractivity contribution >= 4 is 41.5 Å². The van der Waals surface area contributed by atoms with Crippen LogP contribution in [-0.2, 0) is 0 Å². The minimum absolute atomic E-state index is 0.116. The Hall–Kier alpha value is -5.72. The van der Waals surface area contributed by atoms with E-state index < -0.39 is 80.3 Å².